The molecule has 0 aliphatic carbocycles. The van der Waals surface area contributed by atoms with E-state index in [-0.39, 0.29) is 6.42 Å². The number of carbonyl (C=O) groups is 1. The van der Waals surface area contributed by atoms with E-state index >= 15 is 0 Å². The van der Waals surface area contributed by atoms with Crippen LogP contribution < -0.4 is 5.11 Å². The van der Waals surface area contributed by atoms with Crippen molar-refractivity contribution in [1.29, 1.82) is 0 Å². The first-order chi connectivity index (χ1) is 4.27. The van der Waals surface area contributed by atoms with Gasteiger partial charge in [0.1, 0.15) is 0 Å². The van der Waals surface area contributed by atoms with E-state index in [0.29, 0.717) is 5.75 Å². The first kappa shape index (κ1) is 8.56. The van der Waals surface area contributed by atoms with Crippen LogP contribution in [0.15, 0.2) is 12.7 Å². The average Bonchev–Trinajstić information content (AvgIpc) is 1.80. The van der Waals surface area contributed by atoms with Crippen LogP contribution in [0, 0.1) is 0 Å². The molecule has 3 heteroatoms. The van der Waals surface area contributed by atoms with Crippen LogP contribution in [0.2, 0.25) is 0 Å². The van der Waals surface area contributed by atoms with E-state index < -0.39 is 5.97 Å². The third kappa shape index (κ3) is 7.56. The Bertz CT molecular complexity index is 101. The fraction of sp³-hybridized carbons (Fsp3) is 0.500. The summed E-state index contributed by atoms with van der Waals surface area (Å²) in [6.45, 7) is 3.49. The first-order valence-electron chi connectivity index (χ1n) is 2.66. The predicted molar refractivity (Wildman–Crippen MR) is 37.1 cm³/mol. The van der Waals surface area contributed by atoms with Gasteiger partial charge in [-0.05, 0) is 12.2 Å². The molecule has 0 aromatic heterocycles. The Morgan fingerprint density at radius 2 is 2.44 bits per heavy atom. The minimum absolute atomic E-state index is 0.137. The first-order valence-corrected chi connectivity index (χ1v) is 3.81. The molecule has 0 bridgehead atoms. The second-order valence-corrected chi connectivity index (χ2v) is 2.64. The van der Waals surface area contributed by atoms with Crippen LogP contribution >= 0.6 is 11.8 Å². The SMILES string of the molecule is C=CCSCCC(=O)[O-]. The van der Waals surface area contributed by atoms with Crippen molar-refractivity contribution in [2.24, 2.45) is 0 Å². The summed E-state index contributed by atoms with van der Waals surface area (Å²) in [5.41, 5.74) is 0. The number of hydrogen-bond acceptors (Lipinski definition) is 3. The van der Waals surface area contributed by atoms with Gasteiger partial charge in [-0.2, -0.15) is 11.8 Å². The number of carboxylic acid groups (broad SMARTS) is 1. The lowest BCUT2D eigenvalue weighted by Gasteiger charge is -1.98. The standard InChI is InChI=1S/C6H10O2S/c1-2-4-9-5-3-6(7)8/h2H,1,3-5H2,(H,7,8)/p-1. The molecule has 0 rings (SSSR count). The second kappa shape index (κ2) is 5.69. The van der Waals surface area contributed by atoms with Crippen molar-refractivity contribution >= 4 is 17.7 Å². The summed E-state index contributed by atoms with van der Waals surface area (Å²) in [5, 5.41) is 9.81. The second-order valence-electron chi connectivity index (χ2n) is 1.49. The van der Waals surface area contributed by atoms with Gasteiger partial charge in [0.15, 0.2) is 0 Å². The number of aliphatic carboxylic acids is 1. The van der Waals surface area contributed by atoms with Crippen LogP contribution in [-0.2, 0) is 4.79 Å². The molecule has 0 aliphatic heterocycles. The molecular weight excluding hydrogens is 136 g/mol. The maximum Gasteiger partial charge on any atom is 0.0422 e. The van der Waals surface area contributed by atoms with E-state index in [1.807, 2.05) is 0 Å². The van der Waals surface area contributed by atoms with Gasteiger partial charge >= 0.3 is 0 Å². The predicted octanol–water partition coefficient (Wildman–Crippen LogP) is 0.0456. The lowest BCUT2D eigenvalue weighted by atomic mass is 10.5. The van der Waals surface area contributed by atoms with Crippen molar-refractivity contribution in [3.8, 4) is 0 Å². The molecule has 0 aromatic rings. The summed E-state index contributed by atoms with van der Waals surface area (Å²) in [4.78, 5) is 9.81. The number of carboxylic acids is 1. The quantitative estimate of drug-likeness (QED) is 0.405. The molecule has 9 heavy (non-hydrogen) atoms. The van der Waals surface area contributed by atoms with Crippen molar-refractivity contribution in [2.75, 3.05) is 11.5 Å². The largest absolute Gasteiger partial charge is 0.550 e. The zero-order valence-electron chi connectivity index (χ0n) is 5.13. The van der Waals surface area contributed by atoms with E-state index in [1.54, 1.807) is 17.8 Å². The van der Waals surface area contributed by atoms with Crippen LogP contribution in [-0.4, -0.2) is 17.5 Å². The molecular formula is C6H9O2S-. The molecule has 0 saturated heterocycles. The summed E-state index contributed by atoms with van der Waals surface area (Å²) in [7, 11) is 0. The van der Waals surface area contributed by atoms with Gasteiger partial charge in [0.2, 0.25) is 0 Å². The van der Waals surface area contributed by atoms with Crippen LogP contribution in [0.5, 0.6) is 0 Å². The molecule has 0 spiro atoms. The van der Waals surface area contributed by atoms with Gasteiger partial charge in [-0.15, -0.1) is 6.58 Å². The maximum atomic E-state index is 9.81. The molecule has 0 N–H and O–H groups in total. The molecule has 0 aromatic carbocycles. The Labute approximate surface area is 59.0 Å². The highest BCUT2D eigenvalue weighted by molar-refractivity contribution is 7.99. The number of hydrogen-bond donors (Lipinski definition) is 0. The highest BCUT2D eigenvalue weighted by atomic mass is 32.2. The minimum Gasteiger partial charge on any atom is -0.550 e. The van der Waals surface area contributed by atoms with Gasteiger partial charge in [-0.3, -0.25) is 0 Å². The Kier molecular flexibility index (Phi) is 5.41. The minimum atomic E-state index is -0.980. The summed E-state index contributed by atoms with van der Waals surface area (Å²) in [6.07, 6.45) is 1.89. The third-order valence-electron chi connectivity index (χ3n) is 0.686. The smallest absolute Gasteiger partial charge is 0.0422 e. The van der Waals surface area contributed by atoms with Crippen molar-refractivity contribution in [1.82, 2.24) is 0 Å². The van der Waals surface area contributed by atoms with Crippen molar-refractivity contribution in [3.05, 3.63) is 12.7 Å². The van der Waals surface area contributed by atoms with Crippen LogP contribution in [0.1, 0.15) is 6.42 Å². The van der Waals surface area contributed by atoms with E-state index in [9.17, 15) is 9.90 Å². The fourth-order valence-electron chi connectivity index (χ4n) is 0.322. The molecule has 0 amide bonds. The fourth-order valence-corrected chi connectivity index (χ4v) is 0.967. The highest BCUT2D eigenvalue weighted by Gasteiger charge is 1.85. The summed E-state index contributed by atoms with van der Waals surface area (Å²) < 4.78 is 0. The van der Waals surface area contributed by atoms with Crippen LogP contribution in [0.4, 0.5) is 0 Å². The Morgan fingerprint density at radius 1 is 1.78 bits per heavy atom. The molecule has 52 valence electrons. The monoisotopic (exact) mass is 145 g/mol. The molecule has 0 heterocycles. The zero-order valence-corrected chi connectivity index (χ0v) is 5.95. The van der Waals surface area contributed by atoms with Gasteiger partial charge in [-0.1, -0.05) is 6.08 Å². The number of carbonyl (C=O) groups excluding carboxylic acids is 1. The summed E-state index contributed by atoms with van der Waals surface area (Å²) in [6, 6.07) is 0. The maximum absolute atomic E-state index is 9.81. The molecule has 0 unspecified atom stereocenters. The normalized spacial score (nSPS) is 8.89. The van der Waals surface area contributed by atoms with Crippen molar-refractivity contribution in [2.45, 2.75) is 6.42 Å². The average molecular weight is 145 g/mol. The molecule has 0 aliphatic rings. The Balaban J connectivity index is 2.91. The molecule has 0 saturated carbocycles. The summed E-state index contributed by atoms with van der Waals surface area (Å²) >= 11 is 1.54. The van der Waals surface area contributed by atoms with Crippen molar-refractivity contribution in [3.63, 3.8) is 0 Å². The van der Waals surface area contributed by atoms with E-state index in [1.165, 1.54) is 0 Å². The van der Waals surface area contributed by atoms with Gasteiger partial charge in [0.25, 0.3) is 0 Å². The molecule has 2 nitrogen and oxygen atoms in total. The Morgan fingerprint density at radius 3 is 2.89 bits per heavy atom. The topological polar surface area (TPSA) is 40.1 Å². The lowest BCUT2D eigenvalue weighted by molar-refractivity contribution is -0.305. The van der Waals surface area contributed by atoms with E-state index in [0.717, 1.165) is 5.75 Å². The van der Waals surface area contributed by atoms with Gasteiger partial charge < -0.3 is 9.90 Å². The molecule has 0 radical (unpaired) electrons. The van der Waals surface area contributed by atoms with Crippen LogP contribution in [0.3, 0.4) is 0 Å². The third-order valence-corrected chi connectivity index (χ3v) is 1.65. The summed E-state index contributed by atoms with van der Waals surface area (Å²) in [5.74, 6) is 0.452. The number of thioether (sulfide) groups is 1. The van der Waals surface area contributed by atoms with Gasteiger partial charge in [-0.25, -0.2) is 0 Å². The zero-order chi connectivity index (χ0) is 7.11. The Hall–Kier alpha value is -0.440. The number of rotatable bonds is 5. The van der Waals surface area contributed by atoms with Gasteiger partial charge in [0.05, 0.1) is 0 Å². The van der Waals surface area contributed by atoms with Gasteiger partial charge in [0, 0.05) is 11.7 Å². The van der Waals surface area contributed by atoms with E-state index in [2.05, 4.69) is 6.58 Å². The van der Waals surface area contributed by atoms with Crippen LogP contribution in [0.25, 0.3) is 0 Å². The highest BCUT2D eigenvalue weighted by Crippen LogP contribution is 2.00. The van der Waals surface area contributed by atoms with E-state index in [4.69, 9.17) is 0 Å². The van der Waals surface area contributed by atoms with Crippen molar-refractivity contribution < 1.29 is 9.90 Å². The lowest BCUT2D eigenvalue weighted by Crippen LogP contribution is -2.22. The molecule has 0 atom stereocenters. The molecule has 0 fully saturated rings.